The lowest BCUT2D eigenvalue weighted by Crippen LogP contribution is -2.41. The van der Waals surface area contributed by atoms with Crippen LogP contribution in [0.2, 0.25) is 5.02 Å². The summed E-state index contributed by atoms with van der Waals surface area (Å²) in [5.41, 5.74) is 6.41. The van der Waals surface area contributed by atoms with Crippen LogP contribution in [0.1, 0.15) is 56.4 Å². The third kappa shape index (κ3) is 6.20. The molecule has 1 aromatic carbocycles. The molecular formula is C27H31ClF3N7O3. The van der Waals surface area contributed by atoms with Crippen molar-refractivity contribution in [3.63, 3.8) is 0 Å². The molecule has 2 fully saturated rings. The van der Waals surface area contributed by atoms with Gasteiger partial charge in [-0.3, -0.25) is 4.79 Å². The summed E-state index contributed by atoms with van der Waals surface area (Å²) in [5, 5.41) is 17.1. The maximum atomic E-state index is 14.5. The Morgan fingerprint density at radius 1 is 1.22 bits per heavy atom. The van der Waals surface area contributed by atoms with E-state index in [1.807, 2.05) is 18.7 Å². The maximum Gasteiger partial charge on any atom is 0.429 e. The molecule has 3 aromatic rings. The van der Waals surface area contributed by atoms with E-state index in [-0.39, 0.29) is 39.4 Å². The Labute approximate surface area is 239 Å². The van der Waals surface area contributed by atoms with Gasteiger partial charge in [0.1, 0.15) is 11.9 Å². The van der Waals surface area contributed by atoms with Crippen LogP contribution in [0.3, 0.4) is 0 Å². The standard InChI is InChI=1S/C27H31ClF3N7O3/c1-15(2)18-5-8-38(36-18)20-11-16(28)3-4-17(20)23(27(29,30)31)41-22-12-21(34-25(32)35-22)37-9-6-26(7-10-37)13-19(24(39)40)33-14-26/h3-5,8,11-12,15,19,23,33H,6-7,9-10,13-14H2,1-2H3,(H,39,40)(H2,32,34,35)/t19-,23+/m0/s1. The second-order valence-electron chi connectivity index (χ2n) is 11.0. The molecule has 14 heteroatoms. The number of alkyl halides is 3. The summed E-state index contributed by atoms with van der Waals surface area (Å²) in [7, 11) is 0. The Morgan fingerprint density at radius 2 is 1.95 bits per heavy atom. The highest BCUT2D eigenvalue weighted by molar-refractivity contribution is 6.30. The molecule has 2 aromatic heterocycles. The average molecular weight is 594 g/mol. The van der Waals surface area contributed by atoms with Gasteiger partial charge in [-0.1, -0.05) is 31.5 Å². The topological polar surface area (TPSA) is 131 Å². The van der Waals surface area contributed by atoms with Crippen LogP contribution in [0, 0.1) is 5.41 Å². The van der Waals surface area contributed by atoms with Crippen molar-refractivity contribution in [2.24, 2.45) is 5.41 Å². The molecule has 0 aliphatic carbocycles. The van der Waals surface area contributed by atoms with Crippen LogP contribution >= 0.6 is 11.6 Å². The predicted molar refractivity (Wildman–Crippen MR) is 146 cm³/mol. The second kappa shape index (κ2) is 11.0. The molecule has 41 heavy (non-hydrogen) atoms. The molecule has 4 heterocycles. The summed E-state index contributed by atoms with van der Waals surface area (Å²) in [6.07, 6.45) is -3.70. The second-order valence-corrected chi connectivity index (χ2v) is 11.4. The quantitative estimate of drug-likeness (QED) is 0.355. The number of nitrogens with zero attached hydrogens (tertiary/aromatic N) is 5. The molecule has 220 valence electrons. The van der Waals surface area contributed by atoms with Crippen molar-refractivity contribution in [3.05, 3.63) is 52.8 Å². The fraction of sp³-hybridized carbons (Fsp3) is 0.481. The van der Waals surface area contributed by atoms with E-state index in [2.05, 4.69) is 20.4 Å². The first-order valence-electron chi connectivity index (χ1n) is 13.3. The largest absolute Gasteiger partial charge is 0.480 e. The SMILES string of the molecule is CC(C)c1ccn(-c2cc(Cl)ccc2[C@@H](Oc2cc(N3CCC4(CC3)CN[C@H](C(=O)O)C4)nc(N)n2)C(F)(F)F)n1. The van der Waals surface area contributed by atoms with Crippen LogP contribution in [0.4, 0.5) is 24.9 Å². The third-order valence-electron chi connectivity index (χ3n) is 7.77. The predicted octanol–water partition coefficient (Wildman–Crippen LogP) is 4.74. The van der Waals surface area contributed by atoms with Gasteiger partial charge in [0.25, 0.3) is 0 Å². The van der Waals surface area contributed by atoms with E-state index in [4.69, 9.17) is 22.1 Å². The summed E-state index contributed by atoms with van der Waals surface area (Å²) >= 11 is 6.17. The first kappa shape index (κ1) is 28.9. The molecule has 0 bridgehead atoms. The number of aliphatic carboxylic acids is 1. The summed E-state index contributed by atoms with van der Waals surface area (Å²) in [6.45, 7) is 5.54. The summed E-state index contributed by atoms with van der Waals surface area (Å²) in [6, 6.07) is 6.55. The minimum absolute atomic E-state index is 0.0733. The molecule has 10 nitrogen and oxygen atoms in total. The van der Waals surface area contributed by atoms with E-state index < -0.39 is 24.3 Å². The van der Waals surface area contributed by atoms with Gasteiger partial charge in [-0.15, -0.1) is 0 Å². The minimum Gasteiger partial charge on any atom is -0.480 e. The van der Waals surface area contributed by atoms with Gasteiger partial charge in [-0.2, -0.15) is 28.2 Å². The van der Waals surface area contributed by atoms with E-state index in [1.54, 1.807) is 12.3 Å². The molecule has 0 unspecified atom stereocenters. The molecule has 0 saturated carbocycles. The van der Waals surface area contributed by atoms with E-state index in [0.29, 0.717) is 50.4 Å². The van der Waals surface area contributed by atoms with E-state index >= 15 is 0 Å². The Morgan fingerprint density at radius 3 is 2.56 bits per heavy atom. The lowest BCUT2D eigenvalue weighted by atomic mass is 9.76. The smallest absolute Gasteiger partial charge is 0.429 e. The number of carboxylic acid groups (broad SMARTS) is 1. The normalized spacial score (nSPS) is 19.6. The molecule has 0 radical (unpaired) electrons. The zero-order valence-electron chi connectivity index (χ0n) is 22.5. The molecule has 2 aliphatic heterocycles. The zero-order valence-corrected chi connectivity index (χ0v) is 23.3. The van der Waals surface area contributed by atoms with Crippen molar-refractivity contribution in [3.8, 4) is 11.6 Å². The van der Waals surface area contributed by atoms with Crippen LogP contribution in [-0.4, -0.2) is 62.7 Å². The highest BCUT2D eigenvalue weighted by atomic mass is 35.5. The maximum absolute atomic E-state index is 14.5. The van der Waals surface area contributed by atoms with Gasteiger partial charge in [-0.25, -0.2) is 4.68 Å². The molecule has 4 N–H and O–H groups in total. The number of carboxylic acids is 1. The van der Waals surface area contributed by atoms with Crippen LogP contribution in [-0.2, 0) is 4.79 Å². The Balaban J connectivity index is 1.41. The van der Waals surface area contributed by atoms with E-state index in [9.17, 15) is 23.1 Å². The number of halogens is 4. The van der Waals surface area contributed by atoms with Crippen molar-refractivity contribution >= 4 is 29.3 Å². The summed E-state index contributed by atoms with van der Waals surface area (Å²) < 4.78 is 50.4. The number of ether oxygens (including phenoxy) is 1. The zero-order chi connectivity index (χ0) is 29.5. The number of nitrogens with two attached hydrogens (primary N) is 1. The van der Waals surface area contributed by atoms with Crippen LogP contribution in [0.15, 0.2) is 36.5 Å². The van der Waals surface area contributed by atoms with Gasteiger partial charge in [0, 0.05) is 42.5 Å². The van der Waals surface area contributed by atoms with Crippen molar-refractivity contribution < 1.29 is 27.8 Å². The number of nitrogens with one attached hydrogen (secondary N) is 1. The van der Waals surface area contributed by atoms with Crippen LogP contribution in [0.25, 0.3) is 5.69 Å². The number of benzene rings is 1. The highest BCUT2D eigenvalue weighted by Crippen LogP contribution is 2.42. The van der Waals surface area contributed by atoms with Gasteiger partial charge < -0.3 is 25.8 Å². The number of anilines is 2. The lowest BCUT2D eigenvalue weighted by Gasteiger charge is -2.39. The number of rotatable bonds is 7. The first-order chi connectivity index (χ1) is 19.3. The Kier molecular flexibility index (Phi) is 7.77. The number of nitrogen functional groups attached to an aromatic ring is 1. The van der Waals surface area contributed by atoms with E-state index in [0.717, 1.165) is 0 Å². The summed E-state index contributed by atoms with van der Waals surface area (Å²) in [4.78, 5) is 21.5. The van der Waals surface area contributed by atoms with Gasteiger partial charge >= 0.3 is 12.1 Å². The highest BCUT2D eigenvalue weighted by Gasteiger charge is 2.46. The molecular weight excluding hydrogens is 563 g/mol. The van der Waals surface area contributed by atoms with Crippen molar-refractivity contribution in [1.82, 2.24) is 25.1 Å². The van der Waals surface area contributed by atoms with Crippen LogP contribution in [0.5, 0.6) is 5.88 Å². The molecule has 2 aliphatic rings. The fourth-order valence-corrected chi connectivity index (χ4v) is 5.65. The monoisotopic (exact) mass is 593 g/mol. The molecule has 2 atom stereocenters. The van der Waals surface area contributed by atoms with Gasteiger partial charge in [0.2, 0.25) is 17.9 Å². The molecule has 0 amide bonds. The van der Waals surface area contributed by atoms with Crippen molar-refractivity contribution in [2.45, 2.75) is 57.3 Å². The first-order valence-corrected chi connectivity index (χ1v) is 13.7. The summed E-state index contributed by atoms with van der Waals surface area (Å²) in [5.74, 6) is -1.01. The third-order valence-corrected chi connectivity index (χ3v) is 8.01. The number of hydrogen-bond acceptors (Lipinski definition) is 8. The fourth-order valence-electron chi connectivity index (χ4n) is 5.48. The molecule has 1 spiro atoms. The van der Waals surface area contributed by atoms with E-state index in [1.165, 1.54) is 28.9 Å². The van der Waals surface area contributed by atoms with Gasteiger partial charge in [0.05, 0.1) is 11.4 Å². The number of carbonyl (C=O) groups is 1. The Bertz CT molecular complexity index is 1420. The average Bonchev–Trinajstić information content (AvgIpc) is 3.56. The van der Waals surface area contributed by atoms with Gasteiger partial charge in [0.15, 0.2) is 0 Å². The number of hydrogen-bond donors (Lipinski definition) is 3. The number of piperidine rings is 1. The molecule has 2 saturated heterocycles. The Hall–Kier alpha value is -3.58. The van der Waals surface area contributed by atoms with Crippen LogP contribution < -0.4 is 20.7 Å². The lowest BCUT2D eigenvalue weighted by molar-refractivity contribution is -0.198. The molecule has 5 rings (SSSR count). The van der Waals surface area contributed by atoms with Gasteiger partial charge in [-0.05, 0) is 48.8 Å². The van der Waals surface area contributed by atoms with Crippen molar-refractivity contribution in [1.29, 1.82) is 0 Å². The number of aromatic nitrogens is 4. The van der Waals surface area contributed by atoms with Crippen molar-refractivity contribution in [2.75, 3.05) is 30.3 Å². The minimum atomic E-state index is -4.82.